The summed E-state index contributed by atoms with van der Waals surface area (Å²) in [4.78, 5) is 15.8. The molecule has 0 saturated carbocycles. The molecule has 0 saturated heterocycles. The molecule has 1 amide bonds. The van der Waals surface area contributed by atoms with Crippen molar-refractivity contribution >= 4 is 5.91 Å². The van der Waals surface area contributed by atoms with Gasteiger partial charge in [0, 0.05) is 13.6 Å². The predicted octanol–water partition coefficient (Wildman–Crippen LogP) is 1.83. The molecular formula is C12H26N2O. The van der Waals surface area contributed by atoms with Crippen LogP contribution in [0.2, 0.25) is 0 Å². The summed E-state index contributed by atoms with van der Waals surface area (Å²) in [7, 11) is 1.90. The Morgan fingerprint density at radius 1 is 1.20 bits per heavy atom. The lowest BCUT2D eigenvalue weighted by atomic mass is 10.1. The number of carbonyl (C=O) groups is 1. The number of hydrogen-bond acceptors (Lipinski definition) is 2. The highest BCUT2D eigenvalue weighted by Crippen LogP contribution is 2.01. The molecule has 0 aliphatic carbocycles. The Bertz CT molecular complexity index is 176. The molecule has 0 spiro atoms. The molecule has 0 unspecified atom stereocenters. The minimum absolute atomic E-state index is 0.236. The Morgan fingerprint density at radius 2 is 1.73 bits per heavy atom. The second-order valence-corrected chi connectivity index (χ2v) is 4.46. The van der Waals surface area contributed by atoms with Crippen molar-refractivity contribution in [2.45, 2.75) is 34.1 Å². The number of hydrogen-bond donors (Lipinski definition) is 0. The van der Waals surface area contributed by atoms with E-state index in [2.05, 4.69) is 32.6 Å². The molecule has 0 bridgehead atoms. The normalized spacial score (nSPS) is 11.1. The summed E-state index contributed by atoms with van der Waals surface area (Å²) in [5.41, 5.74) is 0. The molecule has 0 atom stereocenters. The zero-order chi connectivity index (χ0) is 11.8. The van der Waals surface area contributed by atoms with Crippen molar-refractivity contribution in [3.05, 3.63) is 0 Å². The van der Waals surface area contributed by atoms with Gasteiger partial charge in [0.2, 0.25) is 5.91 Å². The van der Waals surface area contributed by atoms with Gasteiger partial charge in [-0.3, -0.25) is 9.69 Å². The van der Waals surface area contributed by atoms with Crippen LogP contribution < -0.4 is 0 Å². The lowest BCUT2D eigenvalue weighted by Gasteiger charge is -2.23. The Balaban J connectivity index is 3.87. The molecule has 0 radical (unpaired) electrons. The largest absolute Gasteiger partial charge is 0.345 e. The van der Waals surface area contributed by atoms with Crippen molar-refractivity contribution in [3.8, 4) is 0 Å². The lowest BCUT2D eigenvalue weighted by Crippen LogP contribution is -2.38. The number of likely N-dealkylation sites (N-methyl/N-ethyl adjacent to an activating group) is 2. The molecule has 3 nitrogen and oxygen atoms in total. The van der Waals surface area contributed by atoms with Crippen molar-refractivity contribution in [2.75, 3.05) is 33.2 Å². The Morgan fingerprint density at radius 3 is 2.13 bits per heavy atom. The maximum atomic E-state index is 11.8. The highest BCUT2D eigenvalue weighted by molar-refractivity contribution is 5.77. The zero-order valence-electron chi connectivity index (χ0n) is 10.9. The Hall–Kier alpha value is -0.570. The van der Waals surface area contributed by atoms with Gasteiger partial charge in [-0.15, -0.1) is 0 Å². The first-order valence-corrected chi connectivity index (χ1v) is 5.97. The summed E-state index contributed by atoms with van der Waals surface area (Å²) in [5.74, 6) is 0.896. The standard InChI is InChI=1S/C12H26N2O/c1-6-14(7-2)10-12(15)13(5)9-8-11(3)4/h11H,6-10H2,1-5H3. The van der Waals surface area contributed by atoms with E-state index in [0.29, 0.717) is 12.5 Å². The van der Waals surface area contributed by atoms with E-state index in [9.17, 15) is 4.79 Å². The van der Waals surface area contributed by atoms with Gasteiger partial charge in [0.1, 0.15) is 0 Å². The van der Waals surface area contributed by atoms with E-state index in [4.69, 9.17) is 0 Å². The molecular weight excluding hydrogens is 188 g/mol. The predicted molar refractivity (Wildman–Crippen MR) is 64.9 cm³/mol. The average Bonchev–Trinajstić information content (AvgIpc) is 2.21. The van der Waals surface area contributed by atoms with E-state index in [1.54, 1.807) is 0 Å². The Labute approximate surface area is 94.4 Å². The highest BCUT2D eigenvalue weighted by atomic mass is 16.2. The fraction of sp³-hybridized carbons (Fsp3) is 0.917. The van der Waals surface area contributed by atoms with Gasteiger partial charge >= 0.3 is 0 Å². The van der Waals surface area contributed by atoms with Crippen LogP contribution in [0.4, 0.5) is 0 Å². The third-order valence-electron chi connectivity index (χ3n) is 2.72. The van der Waals surface area contributed by atoms with Gasteiger partial charge in [0.25, 0.3) is 0 Å². The second-order valence-electron chi connectivity index (χ2n) is 4.46. The third-order valence-corrected chi connectivity index (χ3v) is 2.72. The van der Waals surface area contributed by atoms with E-state index in [1.807, 2.05) is 11.9 Å². The van der Waals surface area contributed by atoms with Crippen LogP contribution in [0, 0.1) is 5.92 Å². The van der Waals surface area contributed by atoms with E-state index < -0.39 is 0 Å². The molecule has 90 valence electrons. The average molecular weight is 214 g/mol. The van der Waals surface area contributed by atoms with Gasteiger partial charge in [-0.25, -0.2) is 0 Å². The van der Waals surface area contributed by atoms with Crippen LogP contribution in [-0.2, 0) is 4.79 Å². The topological polar surface area (TPSA) is 23.6 Å². The lowest BCUT2D eigenvalue weighted by molar-refractivity contribution is -0.131. The molecule has 0 N–H and O–H groups in total. The fourth-order valence-electron chi connectivity index (χ4n) is 1.34. The smallest absolute Gasteiger partial charge is 0.236 e. The van der Waals surface area contributed by atoms with Crippen LogP contribution in [0.25, 0.3) is 0 Å². The molecule has 0 aromatic rings. The first-order valence-electron chi connectivity index (χ1n) is 5.97. The van der Waals surface area contributed by atoms with E-state index in [0.717, 1.165) is 26.1 Å². The van der Waals surface area contributed by atoms with Crippen LogP contribution in [0.1, 0.15) is 34.1 Å². The monoisotopic (exact) mass is 214 g/mol. The maximum absolute atomic E-state index is 11.8. The minimum atomic E-state index is 0.236. The summed E-state index contributed by atoms with van der Waals surface area (Å²) in [6, 6.07) is 0. The minimum Gasteiger partial charge on any atom is -0.345 e. The van der Waals surface area contributed by atoms with Crippen LogP contribution in [0.15, 0.2) is 0 Å². The van der Waals surface area contributed by atoms with Gasteiger partial charge in [-0.1, -0.05) is 27.7 Å². The van der Waals surface area contributed by atoms with Crippen LogP contribution in [0.5, 0.6) is 0 Å². The molecule has 3 heteroatoms. The number of nitrogens with zero attached hydrogens (tertiary/aromatic N) is 2. The quantitative estimate of drug-likeness (QED) is 0.645. The molecule has 0 aromatic carbocycles. The van der Waals surface area contributed by atoms with Crippen LogP contribution >= 0.6 is 0 Å². The SMILES string of the molecule is CCN(CC)CC(=O)N(C)CCC(C)C. The Kier molecular flexibility index (Phi) is 7.39. The van der Waals surface area contributed by atoms with Gasteiger partial charge < -0.3 is 4.90 Å². The molecule has 0 aliphatic rings. The van der Waals surface area contributed by atoms with Gasteiger partial charge in [-0.2, -0.15) is 0 Å². The van der Waals surface area contributed by atoms with E-state index >= 15 is 0 Å². The van der Waals surface area contributed by atoms with Crippen molar-refractivity contribution in [1.82, 2.24) is 9.80 Å². The van der Waals surface area contributed by atoms with Crippen LogP contribution in [0.3, 0.4) is 0 Å². The number of carbonyl (C=O) groups excluding carboxylic acids is 1. The summed E-state index contributed by atoms with van der Waals surface area (Å²) >= 11 is 0. The first kappa shape index (κ1) is 14.4. The van der Waals surface area contributed by atoms with Crippen molar-refractivity contribution in [1.29, 1.82) is 0 Å². The molecule has 15 heavy (non-hydrogen) atoms. The fourth-order valence-corrected chi connectivity index (χ4v) is 1.34. The summed E-state index contributed by atoms with van der Waals surface area (Å²) in [6.45, 7) is 11.9. The molecule has 0 aromatic heterocycles. The number of amides is 1. The summed E-state index contributed by atoms with van der Waals surface area (Å²) in [5, 5.41) is 0. The van der Waals surface area contributed by atoms with Crippen molar-refractivity contribution in [2.24, 2.45) is 5.92 Å². The first-order chi connectivity index (χ1) is 7.01. The zero-order valence-corrected chi connectivity index (χ0v) is 10.9. The van der Waals surface area contributed by atoms with Crippen LogP contribution in [-0.4, -0.2) is 48.9 Å². The molecule has 0 rings (SSSR count). The second kappa shape index (κ2) is 7.69. The van der Waals surface area contributed by atoms with E-state index in [1.165, 1.54) is 0 Å². The van der Waals surface area contributed by atoms with Crippen molar-refractivity contribution in [3.63, 3.8) is 0 Å². The number of rotatable bonds is 7. The highest BCUT2D eigenvalue weighted by Gasteiger charge is 2.11. The van der Waals surface area contributed by atoms with Gasteiger partial charge in [-0.05, 0) is 25.4 Å². The molecule has 0 aliphatic heterocycles. The van der Waals surface area contributed by atoms with Crippen molar-refractivity contribution < 1.29 is 4.79 Å². The third kappa shape index (κ3) is 6.50. The molecule has 0 heterocycles. The molecule has 0 fully saturated rings. The van der Waals surface area contributed by atoms with Gasteiger partial charge in [0.15, 0.2) is 0 Å². The van der Waals surface area contributed by atoms with Gasteiger partial charge in [0.05, 0.1) is 6.54 Å². The summed E-state index contributed by atoms with van der Waals surface area (Å²) in [6.07, 6.45) is 1.08. The summed E-state index contributed by atoms with van der Waals surface area (Å²) < 4.78 is 0. The maximum Gasteiger partial charge on any atom is 0.236 e. The van der Waals surface area contributed by atoms with E-state index in [-0.39, 0.29) is 5.91 Å².